The first-order chi connectivity index (χ1) is 8.32. The summed E-state index contributed by atoms with van der Waals surface area (Å²) in [5, 5.41) is 6.37. The van der Waals surface area contributed by atoms with Gasteiger partial charge in [-0.3, -0.25) is 9.48 Å². The lowest BCUT2D eigenvalue weighted by Crippen LogP contribution is -2.13. The molecular formula is C9H6ClF3N4O. The van der Waals surface area contributed by atoms with E-state index >= 15 is 0 Å². The van der Waals surface area contributed by atoms with E-state index in [9.17, 15) is 18.0 Å². The lowest BCUT2D eigenvalue weighted by atomic mass is 10.3. The highest BCUT2D eigenvalue weighted by Crippen LogP contribution is 2.36. The van der Waals surface area contributed by atoms with Crippen LogP contribution in [0.2, 0.25) is 5.02 Å². The average molecular weight is 279 g/mol. The minimum Gasteiger partial charge on any atom is -0.265 e. The molecule has 0 unspecified atom stereocenters. The van der Waals surface area contributed by atoms with Gasteiger partial charge in [-0.2, -0.15) is 23.4 Å². The maximum Gasteiger partial charge on any atom is 0.434 e. The van der Waals surface area contributed by atoms with E-state index in [-0.39, 0.29) is 0 Å². The van der Waals surface area contributed by atoms with Crippen LogP contribution in [0, 0.1) is 0 Å². The molecule has 0 aromatic carbocycles. The number of halogens is 4. The number of carbonyl (C=O) groups excluding carboxylic acids is 1. The Morgan fingerprint density at radius 2 is 2.11 bits per heavy atom. The molecule has 2 aromatic rings. The summed E-state index contributed by atoms with van der Waals surface area (Å²) in [6.07, 6.45) is -2.07. The molecule has 5 nitrogen and oxygen atoms in total. The molecule has 0 bridgehead atoms. The molecule has 0 N–H and O–H groups in total. The van der Waals surface area contributed by atoms with E-state index < -0.39 is 28.5 Å². The Balaban J connectivity index is 2.52. The third-order valence-electron chi connectivity index (χ3n) is 2.17. The van der Waals surface area contributed by atoms with Crippen LogP contribution >= 0.6 is 11.6 Å². The number of alkyl halides is 3. The normalized spacial score (nSPS) is 11.8. The lowest BCUT2D eigenvalue weighted by Gasteiger charge is -2.06. The van der Waals surface area contributed by atoms with E-state index in [0.29, 0.717) is 4.68 Å². The zero-order chi connectivity index (χ0) is 13.5. The van der Waals surface area contributed by atoms with Crippen molar-refractivity contribution in [2.45, 2.75) is 6.18 Å². The molecule has 2 aromatic heterocycles. The van der Waals surface area contributed by atoms with Gasteiger partial charge in [-0.25, -0.2) is 4.68 Å². The first kappa shape index (κ1) is 12.6. The predicted octanol–water partition coefficient (Wildman–Crippen LogP) is 1.98. The van der Waals surface area contributed by atoms with Crippen LogP contribution in [0.25, 0.3) is 0 Å². The van der Waals surface area contributed by atoms with Crippen molar-refractivity contribution >= 4 is 17.5 Å². The van der Waals surface area contributed by atoms with Crippen LogP contribution in [0.15, 0.2) is 18.5 Å². The van der Waals surface area contributed by atoms with E-state index in [1.165, 1.54) is 18.5 Å². The standard InChI is InChI=1S/C9H6ClF3N4O/c1-16-7(9(11,12)13)5(10)6(15-16)8(18)17-4-2-3-14-17/h2-4H,1H3. The van der Waals surface area contributed by atoms with Crippen LogP contribution in [0.1, 0.15) is 16.2 Å². The number of nitrogens with zero attached hydrogens (tertiary/aromatic N) is 4. The second-order valence-corrected chi connectivity index (χ2v) is 3.77. The molecule has 96 valence electrons. The molecule has 2 heterocycles. The molecule has 0 radical (unpaired) electrons. The highest BCUT2D eigenvalue weighted by molar-refractivity contribution is 6.34. The van der Waals surface area contributed by atoms with Crippen molar-refractivity contribution in [1.29, 1.82) is 0 Å². The van der Waals surface area contributed by atoms with Crippen LogP contribution < -0.4 is 0 Å². The highest BCUT2D eigenvalue weighted by atomic mass is 35.5. The van der Waals surface area contributed by atoms with E-state index in [0.717, 1.165) is 11.7 Å². The van der Waals surface area contributed by atoms with Crippen LogP contribution in [0.3, 0.4) is 0 Å². The quantitative estimate of drug-likeness (QED) is 0.801. The van der Waals surface area contributed by atoms with Crippen LogP contribution in [0.4, 0.5) is 13.2 Å². The predicted molar refractivity (Wildman–Crippen MR) is 55.2 cm³/mol. The van der Waals surface area contributed by atoms with Crippen molar-refractivity contribution in [2.75, 3.05) is 0 Å². The molecule has 0 saturated carbocycles. The largest absolute Gasteiger partial charge is 0.434 e. The van der Waals surface area contributed by atoms with Crippen molar-refractivity contribution in [1.82, 2.24) is 19.6 Å². The van der Waals surface area contributed by atoms with E-state index in [2.05, 4.69) is 10.2 Å². The number of rotatable bonds is 1. The highest BCUT2D eigenvalue weighted by Gasteiger charge is 2.40. The van der Waals surface area contributed by atoms with Gasteiger partial charge < -0.3 is 0 Å². The second-order valence-electron chi connectivity index (χ2n) is 3.39. The third kappa shape index (κ3) is 1.99. The van der Waals surface area contributed by atoms with E-state index in [1.807, 2.05) is 0 Å². The minimum absolute atomic E-state index is 0.491. The molecule has 0 atom stereocenters. The van der Waals surface area contributed by atoms with E-state index in [4.69, 9.17) is 11.6 Å². The first-order valence-corrected chi connectivity index (χ1v) is 5.04. The van der Waals surface area contributed by atoms with Crippen molar-refractivity contribution in [2.24, 2.45) is 7.05 Å². The molecule has 0 aliphatic heterocycles. The van der Waals surface area contributed by atoms with Gasteiger partial charge in [0.2, 0.25) is 0 Å². The monoisotopic (exact) mass is 278 g/mol. The number of aromatic nitrogens is 4. The minimum atomic E-state index is -4.68. The number of carbonyl (C=O) groups is 1. The Hall–Kier alpha value is -1.83. The van der Waals surface area contributed by atoms with Crippen molar-refractivity contribution in [3.8, 4) is 0 Å². The summed E-state index contributed by atoms with van der Waals surface area (Å²) in [5.41, 5.74) is -1.66. The van der Waals surface area contributed by atoms with Crippen LogP contribution in [-0.2, 0) is 13.2 Å². The van der Waals surface area contributed by atoms with Crippen molar-refractivity contribution < 1.29 is 18.0 Å². The zero-order valence-electron chi connectivity index (χ0n) is 8.94. The van der Waals surface area contributed by atoms with Gasteiger partial charge in [-0.1, -0.05) is 11.6 Å². The van der Waals surface area contributed by atoms with Gasteiger partial charge in [-0.05, 0) is 6.07 Å². The molecule has 9 heteroatoms. The van der Waals surface area contributed by atoms with Gasteiger partial charge >= 0.3 is 6.18 Å². The maximum atomic E-state index is 12.6. The van der Waals surface area contributed by atoms with Gasteiger partial charge in [0.25, 0.3) is 5.91 Å². The van der Waals surface area contributed by atoms with Gasteiger partial charge in [0.15, 0.2) is 11.4 Å². The summed E-state index contributed by atoms with van der Waals surface area (Å²) < 4.78 is 39.3. The molecule has 0 fully saturated rings. The zero-order valence-corrected chi connectivity index (χ0v) is 9.70. The summed E-state index contributed by atoms with van der Waals surface area (Å²) in [7, 11) is 1.06. The SMILES string of the molecule is Cn1nc(C(=O)n2cccn2)c(Cl)c1C(F)(F)F. The Bertz CT molecular complexity index is 588. The smallest absolute Gasteiger partial charge is 0.265 e. The third-order valence-corrected chi connectivity index (χ3v) is 2.53. The Kier molecular flexibility index (Phi) is 2.89. The molecule has 2 rings (SSSR count). The lowest BCUT2D eigenvalue weighted by molar-refractivity contribution is -0.143. The van der Waals surface area contributed by atoms with Gasteiger partial charge in [0, 0.05) is 19.4 Å². The summed E-state index contributed by atoms with van der Waals surface area (Å²) >= 11 is 5.56. The van der Waals surface area contributed by atoms with Crippen molar-refractivity contribution in [3.05, 3.63) is 34.9 Å². The topological polar surface area (TPSA) is 52.7 Å². The maximum absolute atomic E-state index is 12.6. The number of aryl methyl sites for hydroxylation is 1. The fraction of sp³-hybridized carbons (Fsp3) is 0.222. The molecule has 0 aliphatic rings. The summed E-state index contributed by atoms with van der Waals surface area (Å²) in [6.45, 7) is 0. The second kappa shape index (κ2) is 4.13. The number of hydrogen-bond donors (Lipinski definition) is 0. The molecule has 0 aliphatic carbocycles. The fourth-order valence-electron chi connectivity index (χ4n) is 1.44. The fourth-order valence-corrected chi connectivity index (χ4v) is 1.79. The van der Waals surface area contributed by atoms with E-state index in [1.54, 1.807) is 0 Å². The summed E-state index contributed by atoms with van der Waals surface area (Å²) in [6, 6.07) is 1.46. The molecule has 0 spiro atoms. The number of hydrogen-bond acceptors (Lipinski definition) is 3. The Labute approximate surface area is 104 Å². The van der Waals surface area contributed by atoms with Gasteiger partial charge in [0.1, 0.15) is 5.02 Å². The van der Waals surface area contributed by atoms with Gasteiger partial charge in [-0.15, -0.1) is 0 Å². The summed E-state index contributed by atoms with van der Waals surface area (Å²) in [4.78, 5) is 11.8. The molecule has 0 saturated heterocycles. The van der Waals surface area contributed by atoms with Gasteiger partial charge in [0.05, 0.1) is 0 Å². The average Bonchev–Trinajstić information content (AvgIpc) is 2.83. The first-order valence-electron chi connectivity index (χ1n) is 4.66. The Morgan fingerprint density at radius 3 is 2.56 bits per heavy atom. The molecule has 18 heavy (non-hydrogen) atoms. The van der Waals surface area contributed by atoms with Crippen LogP contribution in [0.5, 0.6) is 0 Å². The summed E-state index contributed by atoms with van der Waals surface area (Å²) in [5.74, 6) is -0.823. The van der Waals surface area contributed by atoms with Crippen LogP contribution in [-0.4, -0.2) is 25.5 Å². The Morgan fingerprint density at radius 1 is 1.44 bits per heavy atom. The molecular weight excluding hydrogens is 273 g/mol. The molecule has 0 amide bonds. The van der Waals surface area contributed by atoms with Crippen molar-refractivity contribution in [3.63, 3.8) is 0 Å².